The number of hydrogen-bond acceptors (Lipinski definition) is 5. The van der Waals surface area contributed by atoms with Crippen LogP contribution in [-0.2, 0) is 16.0 Å². The summed E-state index contributed by atoms with van der Waals surface area (Å²) >= 11 is 0. The number of aryl methyl sites for hydroxylation is 1. The van der Waals surface area contributed by atoms with Crippen molar-refractivity contribution in [1.29, 1.82) is 0 Å². The van der Waals surface area contributed by atoms with Gasteiger partial charge in [-0.1, -0.05) is 13.8 Å². The van der Waals surface area contributed by atoms with Crippen LogP contribution >= 0.6 is 0 Å². The third kappa shape index (κ3) is 2.60. The Morgan fingerprint density at radius 3 is 2.75 bits per heavy atom. The van der Waals surface area contributed by atoms with E-state index in [0.29, 0.717) is 30.0 Å². The molecular weight excluding hydrogens is 258 g/mol. The zero-order chi connectivity index (χ0) is 14.9. The normalized spacial score (nSPS) is 24.2. The zero-order valence-corrected chi connectivity index (χ0v) is 12.8. The van der Waals surface area contributed by atoms with E-state index in [9.17, 15) is 4.79 Å². The third-order valence-electron chi connectivity index (χ3n) is 4.36. The molecule has 0 radical (unpaired) electrons. The lowest BCUT2D eigenvalue weighted by Gasteiger charge is -2.51. The van der Waals surface area contributed by atoms with Crippen molar-refractivity contribution in [3.8, 4) is 0 Å². The van der Waals surface area contributed by atoms with E-state index in [-0.39, 0.29) is 11.4 Å². The van der Waals surface area contributed by atoms with Gasteiger partial charge in [-0.2, -0.15) is 0 Å². The Labute approximate surface area is 119 Å². The topological polar surface area (TPSA) is 60.7 Å². The molecule has 0 bridgehead atoms. The summed E-state index contributed by atoms with van der Waals surface area (Å²) < 4.78 is 15.7. The second kappa shape index (κ2) is 5.58. The van der Waals surface area contributed by atoms with Gasteiger partial charge in [0.15, 0.2) is 0 Å². The van der Waals surface area contributed by atoms with Crippen molar-refractivity contribution >= 4 is 5.97 Å². The quantitative estimate of drug-likeness (QED) is 0.839. The first-order valence-corrected chi connectivity index (χ1v) is 6.84. The molecule has 20 heavy (non-hydrogen) atoms. The molecule has 0 spiro atoms. The minimum Gasteiger partial charge on any atom is -0.465 e. The molecule has 0 amide bonds. The lowest BCUT2D eigenvalue weighted by Crippen LogP contribution is -2.60. The van der Waals surface area contributed by atoms with Crippen LogP contribution in [0.1, 0.15) is 42.1 Å². The number of furan rings is 1. The number of nitrogens with one attached hydrogen (secondary N) is 1. The molecule has 1 heterocycles. The summed E-state index contributed by atoms with van der Waals surface area (Å²) in [7, 11) is 3.12. The van der Waals surface area contributed by atoms with Crippen LogP contribution in [0.2, 0.25) is 0 Å². The molecule has 0 aliphatic heterocycles. The molecule has 2 atom stereocenters. The highest BCUT2D eigenvalue weighted by Gasteiger charge is 2.48. The maximum Gasteiger partial charge on any atom is 0.341 e. The molecule has 1 aromatic heterocycles. The van der Waals surface area contributed by atoms with Crippen LogP contribution in [0, 0.1) is 12.3 Å². The first-order chi connectivity index (χ1) is 9.40. The van der Waals surface area contributed by atoms with Crippen LogP contribution in [0.15, 0.2) is 10.5 Å². The van der Waals surface area contributed by atoms with Crippen LogP contribution in [0.4, 0.5) is 0 Å². The molecule has 0 aromatic carbocycles. The van der Waals surface area contributed by atoms with Crippen LogP contribution in [0.3, 0.4) is 0 Å². The van der Waals surface area contributed by atoms with E-state index in [4.69, 9.17) is 13.9 Å². The number of hydrogen-bond donors (Lipinski definition) is 1. The molecule has 112 valence electrons. The highest BCUT2D eigenvalue weighted by atomic mass is 16.5. The first kappa shape index (κ1) is 15.1. The van der Waals surface area contributed by atoms with Gasteiger partial charge >= 0.3 is 5.97 Å². The van der Waals surface area contributed by atoms with Crippen LogP contribution < -0.4 is 5.32 Å². The van der Waals surface area contributed by atoms with Gasteiger partial charge in [-0.3, -0.25) is 0 Å². The molecule has 1 aliphatic rings. The first-order valence-electron chi connectivity index (χ1n) is 6.84. The fraction of sp³-hybridized carbons (Fsp3) is 0.667. The Morgan fingerprint density at radius 2 is 2.20 bits per heavy atom. The van der Waals surface area contributed by atoms with Crippen molar-refractivity contribution in [2.75, 3.05) is 14.2 Å². The Kier molecular flexibility index (Phi) is 4.20. The predicted molar refractivity (Wildman–Crippen MR) is 74.6 cm³/mol. The molecular formula is C15H23NO4. The van der Waals surface area contributed by atoms with Gasteiger partial charge in [-0.25, -0.2) is 4.79 Å². The van der Waals surface area contributed by atoms with E-state index >= 15 is 0 Å². The monoisotopic (exact) mass is 281 g/mol. The predicted octanol–water partition coefficient (Wildman–Crippen LogP) is 2.28. The summed E-state index contributed by atoms with van der Waals surface area (Å²) in [5.74, 6) is 0.983. The fourth-order valence-electron chi connectivity index (χ4n) is 2.80. The van der Waals surface area contributed by atoms with Crippen LogP contribution in [0.25, 0.3) is 0 Å². The molecule has 1 saturated carbocycles. The summed E-state index contributed by atoms with van der Waals surface area (Å²) in [4.78, 5) is 11.5. The number of ether oxygens (including phenoxy) is 2. The van der Waals surface area contributed by atoms with E-state index < -0.39 is 0 Å². The van der Waals surface area contributed by atoms with Crippen molar-refractivity contribution in [3.05, 3.63) is 23.2 Å². The highest BCUT2D eigenvalue weighted by molar-refractivity contribution is 5.90. The van der Waals surface area contributed by atoms with Crippen molar-refractivity contribution in [1.82, 2.24) is 5.32 Å². The van der Waals surface area contributed by atoms with Crippen molar-refractivity contribution in [2.45, 2.75) is 45.9 Å². The van der Waals surface area contributed by atoms with E-state index in [1.54, 1.807) is 20.1 Å². The van der Waals surface area contributed by atoms with Crippen molar-refractivity contribution in [3.63, 3.8) is 0 Å². The van der Waals surface area contributed by atoms with Gasteiger partial charge in [0.25, 0.3) is 0 Å². The minimum atomic E-state index is -0.360. The highest BCUT2D eigenvalue weighted by Crippen LogP contribution is 2.42. The summed E-state index contributed by atoms with van der Waals surface area (Å²) in [5.41, 5.74) is 0.605. The standard InChI is InChI=1S/C15H23NO4/c1-9-11(14(17)19-5)6-10(20-9)8-16-12-7-13(18-4)15(12,2)3/h6,12-13,16H,7-8H2,1-5H3. The average Bonchev–Trinajstić information content (AvgIpc) is 2.78. The van der Waals surface area contributed by atoms with E-state index in [1.165, 1.54) is 7.11 Å². The van der Waals surface area contributed by atoms with Crippen molar-refractivity contribution < 1.29 is 18.7 Å². The van der Waals surface area contributed by atoms with E-state index in [2.05, 4.69) is 19.2 Å². The molecule has 2 unspecified atom stereocenters. The van der Waals surface area contributed by atoms with Gasteiger partial charge in [-0.15, -0.1) is 0 Å². The number of rotatable bonds is 5. The molecule has 0 saturated heterocycles. The molecule has 1 aromatic rings. The fourth-order valence-corrected chi connectivity index (χ4v) is 2.80. The Balaban J connectivity index is 1.94. The number of carbonyl (C=O) groups is 1. The van der Waals surface area contributed by atoms with E-state index in [1.807, 2.05) is 0 Å². The molecule has 1 aliphatic carbocycles. The molecule has 1 N–H and O–H groups in total. The largest absolute Gasteiger partial charge is 0.465 e. The van der Waals surface area contributed by atoms with Crippen LogP contribution in [-0.4, -0.2) is 32.3 Å². The maximum absolute atomic E-state index is 11.5. The van der Waals surface area contributed by atoms with Crippen LogP contribution in [0.5, 0.6) is 0 Å². The Bertz CT molecular complexity index is 492. The summed E-state index contributed by atoms with van der Waals surface area (Å²) in [6.07, 6.45) is 1.29. The second-order valence-electron chi connectivity index (χ2n) is 5.89. The second-order valence-corrected chi connectivity index (χ2v) is 5.89. The third-order valence-corrected chi connectivity index (χ3v) is 4.36. The summed E-state index contributed by atoms with van der Waals surface area (Å²) in [6, 6.07) is 2.13. The SMILES string of the molecule is COC(=O)c1cc(CNC2CC(OC)C2(C)C)oc1C. The summed E-state index contributed by atoms with van der Waals surface area (Å²) in [5, 5.41) is 3.46. The smallest absolute Gasteiger partial charge is 0.341 e. The average molecular weight is 281 g/mol. The lowest BCUT2D eigenvalue weighted by atomic mass is 9.64. The van der Waals surface area contributed by atoms with Gasteiger partial charge < -0.3 is 19.2 Å². The Hall–Kier alpha value is -1.33. The van der Waals surface area contributed by atoms with Gasteiger partial charge in [0.2, 0.25) is 0 Å². The number of methoxy groups -OCH3 is 2. The van der Waals surface area contributed by atoms with Crippen molar-refractivity contribution in [2.24, 2.45) is 5.41 Å². The van der Waals surface area contributed by atoms with Gasteiger partial charge in [0.1, 0.15) is 17.1 Å². The molecule has 1 fully saturated rings. The number of carbonyl (C=O) groups excluding carboxylic acids is 1. The lowest BCUT2D eigenvalue weighted by molar-refractivity contribution is -0.0982. The molecule has 2 rings (SSSR count). The maximum atomic E-state index is 11.5. The van der Waals surface area contributed by atoms with E-state index in [0.717, 1.165) is 12.2 Å². The van der Waals surface area contributed by atoms with Gasteiger partial charge in [-0.05, 0) is 19.4 Å². The minimum absolute atomic E-state index is 0.113. The number of esters is 1. The molecule has 5 nitrogen and oxygen atoms in total. The Morgan fingerprint density at radius 1 is 1.50 bits per heavy atom. The molecule has 5 heteroatoms. The zero-order valence-electron chi connectivity index (χ0n) is 12.8. The summed E-state index contributed by atoms with van der Waals surface area (Å²) in [6.45, 7) is 6.75. The van der Waals surface area contributed by atoms with Gasteiger partial charge in [0.05, 0.1) is 19.8 Å². The van der Waals surface area contributed by atoms with Gasteiger partial charge in [0, 0.05) is 18.6 Å².